The van der Waals surface area contributed by atoms with Crippen molar-refractivity contribution in [3.8, 4) is 5.75 Å². The number of piperazine rings is 1. The Morgan fingerprint density at radius 1 is 1.20 bits per heavy atom. The Kier molecular flexibility index (Phi) is 6.12. The number of nitrogens with one attached hydrogen (secondary N) is 1. The first kappa shape index (κ1) is 20.5. The van der Waals surface area contributed by atoms with Gasteiger partial charge in [-0.25, -0.2) is 13.2 Å². The van der Waals surface area contributed by atoms with Crippen molar-refractivity contribution in [3.63, 3.8) is 0 Å². The highest BCUT2D eigenvalue weighted by Gasteiger charge is 2.24. The summed E-state index contributed by atoms with van der Waals surface area (Å²) in [7, 11) is 1.07. The number of methoxy groups -OCH3 is 2. The summed E-state index contributed by atoms with van der Waals surface area (Å²) in [5, 5.41) is 2.79. The van der Waals surface area contributed by atoms with Crippen LogP contribution in [0.15, 0.2) is 42.7 Å². The van der Waals surface area contributed by atoms with Gasteiger partial charge in [0.2, 0.25) is 11.0 Å². The Morgan fingerprint density at radius 2 is 2.00 bits per heavy atom. The minimum absolute atomic E-state index is 0.255. The van der Waals surface area contributed by atoms with E-state index in [1.807, 2.05) is 24.3 Å². The third-order valence-electron chi connectivity index (χ3n) is 5.11. The summed E-state index contributed by atoms with van der Waals surface area (Å²) in [4.78, 5) is 19.9. The highest BCUT2D eigenvalue weighted by molar-refractivity contribution is 7.99. The molecule has 1 aromatic heterocycles. The van der Waals surface area contributed by atoms with Crippen LogP contribution in [0.3, 0.4) is 0 Å². The van der Waals surface area contributed by atoms with Crippen molar-refractivity contribution >= 4 is 32.8 Å². The average molecular weight is 429 g/mol. The first-order valence-electron chi connectivity index (χ1n) is 9.68. The van der Waals surface area contributed by atoms with Crippen molar-refractivity contribution in [1.29, 1.82) is 0 Å². The molecule has 9 heteroatoms. The monoisotopic (exact) mass is 428 g/mol. The second-order valence-electron chi connectivity index (χ2n) is 6.96. The lowest BCUT2D eigenvalue weighted by molar-refractivity contribution is 0.107. The van der Waals surface area contributed by atoms with Crippen LogP contribution in [-0.4, -0.2) is 58.7 Å². The third kappa shape index (κ3) is 3.83. The molecule has 1 fully saturated rings. The van der Waals surface area contributed by atoms with Gasteiger partial charge in [-0.1, -0.05) is 12.1 Å². The number of anilines is 1. The van der Waals surface area contributed by atoms with Crippen LogP contribution < -0.4 is 15.0 Å². The van der Waals surface area contributed by atoms with E-state index in [1.165, 1.54) is 17.4 Å². The van der Waals surface area contributed by atoms with Gasteiger partial charge in [0.05, 0.1) is 30.5 Å². The van der Waals surface area contributed by atoms with Gasteiger partial charge in [0.25, 0.3) is 5.12 Å². The standard InChI is InChI=1S/C21H24N4O4S/c1-28-13-15-6-7-19(29-2)16(12-15)21(26)30(27)25-14-23-20-17(4-3-5-18(20)25)24-10-8-22-9-11-24/h3-7,12,14,22H,8-11,13H2,1-2H3. The van der Waals surface area contributed by atoms with E-state index in [4.69, 9.17) is 9.47 Å². The summed E-state index contributed by atoms with van der Waals surface area (Å²) in [5.74, 6) is 0.374. The number of para-hydroxylation sites is 1. The summed E-state index contributed by atoms with van der Waals surface area (Å²) < 4.78 is 25.1. The van der Waals surface area contributed by atoms with Crippen molar-refractivity contribution in [2.75, 3.05) is 45.3 Å². The van der Waals surface area contributed by atoms with E-state index in [1.54, 1.807) is 19.2 Å². The molecule has 0 radical (unpaired) electrons. The average Bonchev–Trinajstić information content (AvgIpc) is 3.23. The van der Waals surface area contributed by atoms with Gasteiger partial charge in [-0.2, -0.15) is 0 Å². The van der Waals surface area contributed by atoms with Crippen LogP contribution >= 0.6 is 0 Å². The van der Waals surface area contributed by atoms with Gasteiger partial charge in [0.15, 0.2) is 0 Å². The minimum atomic E-state index is -2.00. The maximum Gasteiger partial charge on any atom is 0.274 e. The van der Waals surface area contributed by atoms with E-state index in [0.717, 1.165) is 42.9 Å². The van der Waals surface area contributed by atoms with Crippen LogP contribution in [0, 0.1) is 0 Å². The molecule has 8 nitrogen and oxygen atoms in total. The molecule has 1 saturated heterocycles. The highest BCUT2D eigenvalue weighted by Crippen LogP contribution is 2.28. The first-order chi connectivity index (χ1) is 14.6. The van der Waals surface area contributed by atoms with Crippen LogP contribution in [0.2, 0.25) is 0 Å². The van der Waals surface area contributed by atoms with Gasteiger partial charge >= 0.3 is 0 Å². The molecular formula is C21H24N4O4S. The molecule has 1 aliphatic rings. The lowest BCUT2D eigenvalue weighted by Crippen LogP contribution is -2.43. The molecule has 158 valence electrons. The van der Waals surface area contributed by atoms with E-state index < -0.39 is 16.1 Å². The van der Waals surface area contributed by atoms with Gasteiger partial charge in [-0.3, -0.25) is 4.79 Å². The van der Waals surface area contributed by atoms with E-state index in [2.05, 4.69) is 15.2 Å². The molecule has 0 amide bonds. The number of fused-ring (bicyclic) bond motifs is 1. The van der Waals surface area contributed by atoms with E-state index in [-0.39, 0.29) is 5.56 Å². The van der Waals surface area contributed by atoms with Crippen LogP contribution in [0.25, 0.3) is 11.0 Å². The van der Waals surface area contributed by atoms with Crippen molar-refractivity contribution in [1.82, 2.24) is 14.3 Å². The Bertz CT molecular complexity index is 1090. The lowest BCUT2D eigenvalue weighted by atomic mass is 10.1. The number of benzene rings is 2. The van der Waals surface area contributed by atoms with Gasteiger partial charge in [-0.05, 0) is 29.8 Å². The van der Waals surface area contributed by atoms with Crippen molar-refractivity contribution in [2.24, 2.45) is 0 Å². The number of rotatable bonds is 6. The zero-order valence-corrected chi connectivity index (χ0v) is 17.8. The quantitative estimate of drug-likeness (QED) is 0.642. The van der Waals surface area contributed by atoms with Gasteiger partial charge < -0.3 is 19.7 Å². The molecule has 1 N–H and O–H groups in total. The fraction of sp³-hybridized carbons (Fsp3) is 0.333. The number of nitrogens with zero attached hydrogens (tertiary/aromatic N) is 3. The Morgan fingerprint density at radius 3 is 2.73 bits per heavy atom. The topological polar surface area (TPSA) is 85.7 Å². The van der Waals surface area contributed by atoms with Gasteiger partial charge in [0.1, 0.15) is 17.6 Å². The molecule has 1 aliphatic heterocycles. The predicted octanol–water partition coefficient (Wildman–Crippen LogP) is 1.95. The van der Waals surface area contributed by atoms with Crippen LogP contribution in [-0.2, 0) is 22.3 Å². The number of carbonyl (C=O) groups excluding carboxylic acids is 1. The summed E-state index contributed by atoms with van der Waals surface area (Å²) in [6, 6.07) is 10.9. The van der Waals surface area contributed by atoms with Crippen LogP contribution in [0.4, 0.5) is 5.69 Å². The van der Waals surface area contributed by atoms with Crippen molar-refractivity contribution in [3.05, 3.63) is 53.9 Å². The molecular weight excluding hydrogens is 404 g/mol. The molecule has 0 saturated carbocycles. The van der Waals surface area contributed by atoms with Crippen molar-refractivity contribution < 1.29 is 18.5 Å². The number of imidazole rings is 1. The summed E-state index contributed by atoms with van der Waals surface area (Å²) >= 11 is 0. The minimum Gasteiger partial charge on any atom is -0.496 e. The second kappa shape index (κ2) is 8.95. The maximum absolute atomic E-state index is 13.2. The van der Waals surface area contributed by atoms with E-state index in [0.29, 0.717) is 17.9 Å². The maximum atomic E-state index is 13.2. The Hall–Kier alpha value is -2.75. The largest absolute Gasteiger partial charge is 0.496 e. The Labute approximate surface area is 177 Å². The number of hydrogen-bond donors (Lipinski definition) is 1. The lowest BCUT2D eigenvalue weighted by Gasteiger charge is -2.29. The molecule has 0 spiro atoms. The fourth-order valence-corrected chi connectivity index (χ4v) is 4.63. The number of carbonyl (C=O) groups is 1. The fourth-order valence-electron chi connectivity index (χ4n) is 3.65. The van der Waals surface area contributed by atoms with Gasteiger partial charge in [-0.15, -0.1) is 0 Å². The van der Waals surface area contributed by atoms with Crippen LogP contribution in [0.1, 0.15) is 15.9 Å². The molecule has 2 aromatic carbocycles. The van der Waals surface area contributed by atoms with E-state index >= 15 is 0 Å². The normalized spacial score (nSPS) is 15.3. The van der Waals surface area contributed by atoms with Crippen molar-refractivity contribution in [2.45, 2.75) is 6.61 Å². The SMILES string of the molecule is COCc1ccc(OC)c(C(=O)S(=O)n2cnc3c(N4CCNCC4)cccc32)c1. The molecule has 2 heterocycles. The Balaban J connectivity index is 1.70. The summed E-state index contributed by atoms with van der Waals surface area (Å²) in [6.45, 7) is 3.90. The molecule has 0 bridgehead atoms. The van der Waals surface area contributed by atoms with E-state index in [9.17, 15) is 9.00 Å². The number of ether oxygens (including phenoxy) is 2. The summed E-state index contributed by atoms with van der Waals surface area (Å²) in [5.41, 5.74) is 3.43. The molecule has 0 aliphatic carbocycles. The number of hydrogen-bond acceptors (Lipinski definition) is 7. The van der Waals surface area contributed by atoms with Gasteiger partial charge in [0, 0.05) is 33.3 Å². The highest BCUT2D eigenvalue weighted by atomic mass is 32.2. The summed E-state index contributed by atoms with van der Waals surface area (Å²) in [6.07, 6.45) is 1.47. The molecule has 4 rings (SSSR count). The number of aromatic nitrogens is 2. The second-order valence-corrected chi connectivity index (χ2v) is 8.22. The van der Waals surface area contributed by atoms with Crippen LogP contribution in [0.5, 0.6) is 5.75 Å². The zero-order valence-electron chi connectivity index (χ0n) is 17.0. The first-order valence-corrected chi connectivity index (χ1v) is 10.8. The molecule has 3 aromatic rings. The molecule has 1 unspecified atom stereocenters. The third-order valence-corrected chi connectivity index (χ3v) is 6.30. The smallest absolute Gasteiger partial charge is 0.274 e. The predicted molar refractivity (Wildman–Crippen MR) is 116 cm³/mol. The molecule has 1 atom stereocenters. The zero-order chi connectivity index (χ0) is 21.1. The molecule has 30 heavy (non-hydrogen) atoms.